The van der Waals surface area contributed by atoms with Crippen LogP contribution in [-0.2, 0) is 4.87 Å². The van der Waals surface area contributed by atoms with Crippen LogP contribution in [0.2, 0.25) is 0 Å². The number of nitrogens with one attached hydrogen (secondary N) is 1. The van der Waals surface area contributed by atoms with E-state index in [9.17, 15) is 0 Å². The van der Waals surface area contributed by atoms with Gasteiger partial charge >= 0.3 is 0 Å². The molecule has 1 aromatic carbocycles. The molecule has 0 radical (unpaired) electrons. The van der Waals surface area contributed by atoms with Crippen LogP contribution >= 0.6 is 11.6 Å². The van der Waals surface area contributed by atoms with E-state index in [0.717, 1.165) is 11.4 Å². The highest BCUT2D eigenvalue weighted by Gasteiger charge is 2.34. The number of allylic oxidation sites excluding steroid dienone is 4. The zero-order valence-electron chi connectivity index (χ0n) is 10.6. The van der Waals surface area contributed by atoms with Crippen molar-refractivity contribution in [3.05, 3.63) is 72.6 Å². The molecule has 0 fully saturated rings. The number of alkyl halides is 1. The Hall–Kier alpha value is -2.20. The van der Waals surface area contributed by atoms with Crippen LogP contribution in [0.3, 0.4) is 0 Å². The number of hydrogen-bond acceptors (Lipinski definition) is 4. The zero-order chi connectivity index (χ0) is 13.8. The molecule has 3 rings (SSSR count). The normalized spacial score (nSPS) is 21.4. The predicted molar refractivity (Wildman–Crippen MR) is 76.1 cm³/mol. The van der Waals surface area contributed by atoms with Crippen molar-refractivity contribution in [2.75, 3.05) is 0 Å². The van der Waals surface area contributed by atoms with Gasteiger partial charge in [-0.05, 0) is 18.2 Å². The molecule has 20 heavy (non-hydrogen) atoms. The van der Waals surface area contributed by atoms with Crippen molar-refractivity contribution < 1.29 is 9.25 Å². The van der Waals surface area contributed by atoms with Gasteiger partial charge < -0.3 is 9.25 Å². The van der Waals surface area contributed by atoms with Crippen LogP contribution in [0.4, 0.5) is 0 Å². The lowest BCUT2D eigenvalue weighted by Gasteiger charge is -2.24. The third kappa shape index (κ3) is 2.70. The van der Waals surface area contributed by atoms with E-state index in [4.69, 9.17) is 20.9 Å². The standard InChI is InChI=1S/C15H13ClN2O2/c16-15(14-17-9-10-19-14)8-4-5-12(11-15)18-20-13-6-2-1-3-7-13/h1-10,18H,11H2. The first-order chi connectivity index (χ1) is 9.76. The lowest BCUT2D eigenvalue weighted by molar-refractivity contribution is 0.221. The van der Waals surface area contributed by atoms with Gasteiger partial charge in [-0.3, -0.25) is 0 Å². The Morgan fingerprint density at radius 3 is 2.90 bits per heavy atom. The second-order valence-electron chi connectivity index (χ2n) is 4.44. The quantitative estimate of drug-likeness (QED) is 0.690. The highest BCUT2D eigenvalue weighted by Crippen LogP contribution is 2.37. The van der Waals surface area contributed by atoms with Crippen molar-refractivity contribution in [1.29, 1.82) is 0 Å². The molecule has 1 aromatic heterocycles. The average molecular weight is 289 g/mol. The van der Waals surface area contributed by atoms with Gasteiger partial charge in [-0.25, -0.2) is 10.5 Å². The van der Waals surface area contributed by atoms with E-state index in [1.54, 1.807) is 6.20 Å². The van der Waals surface area contributed by atoms with Crippen molar-refractivity contribution in [2.24, 2.45) is 0 Å². The van der Waals surface area contributed by atoms with Crippen molar-refractivity contribution in [3.63, 3.8) is 0 Å². The summed E-state index contributed by atoms with van der Waals surface area (Å²) in [6, 6.07) is 9.49. The Morgan fingerprint density at radius 1 is 1.30 bits per heavy atom. The van der Waals surface area contributed by atoms with Gasteiger partial charge in [0.2, 0.25) is 5.89 Å². The van der Waals surface area contributed by atoms with E-state index in [-0.39, 0.29) is 0 Å². The Labute approximate surface area is 121 Å². The van der Waals surface area contributed by atoms with Crippen LogP contribution in [0.5, 0.6) is 5.75 Å². The van der Waals surface area contributed by atoms with Gasteiger partial charge in [0.25, 0.3) is 0 Å². The highest BCUT2D eigenvalue weighted by molar-refractivity contribution is 6.25. The number of aromatic nitrogens is 1. The molecular weight excluding hydrogens is 276 g/mol. The molecule has 0 bridgehead atoms. The number of oxazole rings is 1. The number of para-hydroxylation sites is 1. The lowest BCUT2D eigenvalue weighted by Crippen LogP contribution is -2.27. The number of hydroxylamine groups is 1. The lowest BCUT2D eigenvalue weighted by atomic mass is 9.97. The Morgan fingerprint density at radius 2 is 2.15 bits per heavy atom. The van der Waals surface area contributed by atoms with Crippen LogP contribution in [-0.4, -0.2) is 4.98 Å². The molecule has 102 valence electrons. The molecule has 1 atom stereocenters. The summed E-state index contributed by atoms with van der Waals surface area (Å²) >= 11 is 6.54. The van der Waals surface area contributed by atoms with Crippen molar-refractivity contribution in [3.8, 4) is 5.75 Å². The van der Waals surface area contributed by atoms with E-state index < -0.39 is 4.87 Å². The summed E-state index contributed by atoms with van der Waals surface area (Å²) in [6.45, 7) is 0. The summed E-state index contributed by atoms with van der Waals surface area (Å²) in [5.74, 6) is 1.21. The largest absolute Gasteiger partial charge is 0.447 e. The molecule has 0 spiro atoms. The third-order valence-electron chi connectivity index (χ3n) is 2.94. The second kappa shape index (κ2) is 5.43. The van der Waals surface area contributed by atoms with Crippen LogP contribution in [0.1, 0.15) is 12.3 Å². The predicted octanol–water partition coefficient (Wildman–Crippen LogP) is 3.54. The SMILES string of the molecule is ClC1(c2ncco2)C=CC=C(NOc2ccccc2)C1. The molecule has 5 heteroatoms. The van der Waals surface area contributed by atoms with Gasteiger partial charge in [0.05, 0.1) is 11.9 Å². The average Bonchev–Trinajstić information content (AvgIpc) is 3.01. The summed E-state index contributed by atoms with van der Waals surface area (Å²) in [5, 5.41) is 0. The molecule has 1 heterocycles. The Kier molecular flexibility index (Phi) is 3.48. The summed E-state index contributed by atoms with van der Waals surface area (Å²) in [5.41, 5.74) is 3.76. The van der Waals surface area contributed by atoms with Gasteiger partial charge in [-0.1, -0.05) is 30.4 Å². The van der Waals surface area contributed by atoms with Gasteiger partial charge in [0, 0.05) is 6.42 Å². The maximum Gasteiger partial charge on any atom is 0.219 e. The minimum atomic E-state index is -0.777. The van der Waals surface area contributed by atoms with Crippen LogP contribution < -0.4 is 10.3 Å². The molecule has 1 N–H and O–H groups in total. The molecule has 1 aliphatic rings. The molecule has 1 unspecified atom stereocenters. The van der Waals surface area contributed by atoms with Gasteiger partial charge in [-0.15, -0.1) is 11.6 Å². The molecule has 4 nitrogen and oxygen atoms in total. The first-order valence-electron chi connectivity index (χ1n) is 6.21. The molecule has 2 aromatic rings. The van der Waals surface area contributed by atoms with E-state index in [1.165, 1.54) is 6.26 Å². The zero-order valence-corrected chi connectivity index (χ0v) is 11.4. The summed E-state index contributed by atoms with van der Waals surface area (Å²) < 4.78 is 5.30. The summed E-state index contributed by atoms with van der Waals surface area (Å²) in [6.07, 6.45) is 9.23. The molecule has 1 aliphatic carbocycles. The minimum absolute atomic E-state index is 0.475. The van der Waals surface area contributed by atoms with Crippen molar-refractivity contribution in [2.45, 2.75) is 11.3 Å². The number of hydrogen-bond donors (Lipinski definition) is 1. The number of rotatable bonds is 4. The molecule has 0 amide bonds. The smallest absolute Gasteiger partial charge is 0.219 e. The molecule has 0 saturated heterocycles. The van der Waals surface area contributed by atoms with E-state index >= 15 is 0 Å². The fourth-order valence-electron chi connectivity index (χ4n) is 1.97. The first-order valence-corrected chi connectivity index (χ1v) is 6.59. The summed E-state index contributed by atoms with van der Waals surface area (Å²) in [7, 11) is 0. The summed E-state index contributed by atoms with van der Waals surface area (Å²) in [4.78, 5) is 8.84. The maximum absolute atomic E-state index is 6.54. The van der Waals surface area contributed by atoms with Crippen LogP contribution in [0.15, 0.2) is 71.1 Å². The van der Waals surface area contributed by atoms with Crippen LogP contribution in [0.25, 0.3) is 0 Å². The Bertz CT molecular complexity index is 623. The fraction of sp³-hybridized carbons (Fsp3) is 0.133. The van der Waals surface area contributed by atoms with Crippen molar-refractivity contribution >= 4 is 11.6 Å². The number of benzene rings is 1. The molecular formula is C15H13ClN2O2. The van der Waals surface area contributed by atoms with Gasteiger partial charge in [0.15, 0.2) is 5.75 Å². The Balaban J connectivity index is 1.67. The van der Waals surface area contributed by atoms with E-state index in [2.05, 4.69) is 10.5 Å². The van der Waals surface area contributed by atoms with E-state index in [0.29, 0.717) is 12.3 Å². The van der Waals surface area contributed by atoms with Gasteiger partial charge in [-0.2, -0.15) is 0 Å². The minimum Gasteiger partial charge on any atom is -0.447 e. The fourth-order valence-corrected chi connectivity index (χ4v) is 2.28. The number of nitrogens with zero attached hydrogens (tertiary/aromatic N) is 1. The molecule has 0 saturated carbocycles. The number of halogens is 1. The van der Waals surface area contributed by atoms with Crippen molar-refractivity contribution in [1.82, 2.24) is 10.5 Å². The highest BCUT2D eigenvalue weighted by atomic mass is 35.5. The second-order valence-corrected chi connectivity index (χ2v) is 5.12. The maximum atomic E-state index is 6.54. The first kappa shape index (κ1) is 12.8. The van der Waals surface area contributed by atoms with Gasteiger partial charge in [0.1, 0.15) is 11.1 Å². The van der Waals surface area contributed by atoms with Crippen LogP contribution in [0, 0.1) is 0 Å². The monoisotopic (exact) mass is 288 g/mol. The topological polar surface area (TPSA) is 47.3 Å². The van der Waals surface area contributed by atoms with E-state index in [1.807, 2.05) is 48.6 Å². The third-order valence-corrected chi connectivity index (χ3v) is 3.36. The molecule has 0 aliphatic heterocycles.